The zero-order valence-electron chi connectivity index (χ0n) is 10.6. The summed E-state index contributed by atoms with van der Waals surface area (Å²) < 4.78 is 5.46. The second kappa shape index (κ2) is 7.09. The highest BCUT2D eigenvalue weighted by atomic mass is 16.5. The number of aliphatic hydroxyl groups is 1. The van der Waals surface area contributed by atoms with E-state index < -0.39 is 6.10 Å². The highest BCUT2D eigenvalue weighted by Gasteiger charge is 2.07. The van der Waals surface area contributed by atoms with Crippen LogP contribution in [0.4, 0.5) is 0 Å². The normalized spacial score (nSPS) is 12.2. The van der Waals surface area contributed by atoms with Gasteiger partial charge >= 0.3 is 0 Å². The van der Waals surface area contributed by atoms with Gasteiger partial charge in [-0.1, -0.05) is 36.9 Å². The molecule has 0 amide bonds. The Balaban J connectivity index is 2.20. The third-order valence-corrected chi connectivity index (χ3v) is 2.56. The molecule has 1 aromatic carbocycles. The Labute approximate surface area is 103 Å². The topological polar surface area (TPSA) is 32.7 Å². The summed E-state index contributed by atoms with van der Waals surface area (Å²) in [5.41, 5.74) is 2.06. The van der Waals surface area contributed by atoms with Crippen molar-refractivity contribution in [3.05, 3.63) is 48.2 Å². The summed E-state index contributed by atoms with van der Waals surface area (Å²) in [4.78, 5) is 1.91. The van der Waals surface area contributed by atoms with E-state index in [9.17, 15) is 5.11 Å². The predicted molar refractivity (Wildman–Crippen MR) is 69.5 cm³/mol. The van der Waals surface area contributed by atoms with Crippen molar-refractivity contribution in [3.8, 4) is 0 Å². The van der Waals surface area contributed by atoms with Crippen LogP contribution in [0, 0.1) is 0 Å². The Morgan fingerprint density at radius 1 is 1.41 bits per heavy atom. The summed E-state index contributed by atoms with van der Waals surface area (Å²) >= 11 is 0. The third kappa shape index (κ3) is 5.52. The van der Waals surface area contributed by atoms with Crippen LogP contribution >= 0.6 is 0 Å². The van der Waals surface area contributed by atoms with Crippen LogP contribution in [-0.2, 0) is 11.3 Å². The van der Waals surface area contributed by atoms with Crippen LogP contribution < -0.4 is 0 Å². The van der Waals surface area contributed by atoms with Crippen molar-refractivity contribution in [1.82, 2.24) is 4.90 Å². The maximum absolute atomic E-state index is 9.74. The minimum Gasteiger partial charge on any atom is -0.389 e. The predicted octanol–water partition coefficient (Wildman–Crippen LogP) is 2.03. The largest absolute Gasteiger partial charge is 0.389 e. The second-order valence-electron chi connectivity index (χ2n) is 4.27. The molecule has 0 aliphatic carbocycles. The van der Waals surface area contributed by atoms with Gasteiger partial charge in [-0.25, -0.2) is 0 Å². The van der Waals surface area contributed by atoms with Crippen molar-refractivity contribution >= 4 is 0 Å². The van der Waals surface area contributed by atoms with Gasteiger partial charge < -0.3 is 14.7 Å². The minimum atomic E-state index is -0.486. The van der Waals surface area contributed by atoms with Gasteiger partial charge in [0.15, 0.2) is 0 Å². The van der Waals surface area contributed by atoms with Gasteiger partial charge in [0.05, 0.1) is 19.3 Å². The van der Waals surface area contributed by atoms with E-state index in [2.05, 4.69) is 6.58 Å². The fourth-order valence-corrected chi connectivity index (χ4v) is 1.41. The van der Waals surface area contributed by atoms with Gasteiger partial charge in [-0.2, -0.15) is 0 Å². The van der Waals surface area contributed by atoms with Gasteiger partial charge in [-0.05, 0) is 12.5 Å². The average Bonchev–Trinajstić information content (AvgIpc) is 2.30. The van der Waals surface area contributed by atoms with Gasteiger partial charge in [0.1, 0.15) is 0 Å². The Morgan fingerprint density at radius 2 is 2.06 bits per heavy atom. The van der Waals surface area contributed by atoms with Gasteiger partial charge in [-0.3, -0.25) is 0 Å². The van der Waals surface area contributed by atoms with Crippen molar-refractivity contribution in [2.75, 3.05) is 20.2 Å². The lowest BCUT2D eigenvalue weighted by molar-refractivity contribution is 0.0178. The maximum Gasteiger partial charge on any atom is 0.0947 e. The van der Waals surface area contributed by atoms with Gasteiger partial charge in [-0.15, -0.1) is 0 Å². The lowest BCUT2D eigenvalue weighted by atomic mass is 10.2. The van der Waals surface area contributed by atoms with Crippen LogP contribution in [0.3, 0.4) is 0 Å². The monoisotopic (exact) mass is 235 g/mol. The Kier molecular flexibility index (Phi) is 5.73. The molecule has 0 unspecified atom stereocenters. The molecule has 0 saturated carbocycles. The highest BCUT2D eigenvalue weighted by molar-refractivity contribution is 5.13. The van der Waals surface area contributed by atoms with E-state index in [0.29, 0.717) is 19.8 Å². The molecule has 1 rings (SSSR count). The van der Waals surface area contributed by atoms with Crippen LogP contribution in [0.15, 0.2) is 42.6 Å². The molecular weight excluding hydrogens is 214 g/mol. The van der Waals surface area contributed by atoms with Crippen LogP contribution in [0.2, 0.25) is 0 Å². The van der Waals surface area contributed by atoms with Crippen molar-refractivity contribution < 1.29 is 9.84 Å². The number of hydrogen-bond donors (Lipinski definition) is 1. The summed E-state index contributed by atoms with van der Waals surface area (Å²) in [5, 5.41) is 9.74. The summed E-state index contributed by atoms with van der Waals surface area (Å²) in [6, 6.07) is 9.94. The molecule has 0 saturated heterocycles. The molecule has 0 aliphatic rings. The molecule has 1 N–H and O–H groups in total. The van der Waals surface area contributed by atoms with Crippen molar-refractivity contribution in [1.29, 1.82) is 0 Å². The molecule has 17 heavy (non-hydrogen) atoms. The maximum atomic E-state index is 9.74. The Bertz CT molecular complexity index is 337. The summed E-state index contributed by atoms with van der Waals surface area (Å²) in [5.74, 6) is 0. The number of likely N-dealkylation sites (N-methyl/N-ethyl adjacent to an activating group) is 1. The molecule has 0 heterocycles. The fourth-order valence-electron chi connectivity index (χ4n) is 1.41. The molecule has 94 valence electrons. The van der Waals surface area contributed by atoms with Gasteiger partial charge in [0.25, 0.3) is 0 Å². The summed E-state index contributed by atoms with van der Waals surface area (Å²) in [6.07, 6.45) is -0.486. The first-order chi connectivity index (χ1) is 8.09. The van der Waals surface area contributed by atoms with Crippen molar-refractivity contribution in [2.45, 2.75) is 19.6 Å². The molecule has 1 atom stereocenters. The smallest absolute Gasteiger partial charge is 0.0947 e. The van der Waals surface area contributed by atoms with Gasteiger partial charge in [0, 0.05) is 19.3 Å². The standard InChI is InChI=1S/C14H21NO2/c1-12(2)15(3)9-14(16)11-17-10-13-7-5-4-6-8-13/h4-8,14,16H,1,9-11H2,2-3H3/t14-/m1/s1. The van der Waals surface area contributed by atoms with Crippen LogP contribution in [0.25, 0.3) is 0 Å². The van der Waals surface area contributed by atoms with Crippen LogP contribution in [0.5, 0.6) is 0 Å². The Hall–Kier alpha value is -1.32. The molecule has 0 bridgehead atoms. The van der Waals surface area contributed by atoms with E-state index in [4.69, 9.17) is 4.74 Å². The van der Waals surface area contributed by atoms with E-state index in [1.807, 2.05) is 49.2 Å². The quantitative estimate of drug-likeness (QED) is 0.785. The first-order valence-corrected chi connectivity index (χ1v) is 5.76. The lowest BCUT2D eigenvalue weighted by Crippen LogP contribution is -2.30. The zero-order valence-corrected chi connectivity index (χ0v) is 10.6. The lowest BCUT2D eigenvalue weighted by Gasteiger charge is -2.22. The molecule has 0 spiro atoms. The fraction of sp³-hybridized carbons (Fsp3) is 0.429. The number of aliphatic hydroxyl groups excluding tert-OH is 1. The number of rotatable bonds is 7. The van der Waals surface area contributed by atoms with Crippen LogP contribution in [-0.4, -0.2) is 36.3 Å². The number of benzene rings is 1. The zero-order chi connectivity index (χ0) is 12.7. The molecule has 0 aliphatic heterocycles. The molecule has 1 aromatic rings. The first kappa shape index (κ1) is 13.7. The van der Waals surface area contributed by atoms with Crippen molar-refractivity contribution in [2.24, 2.45) is 0 Å². The molecule has 3 nitrogen and oxygen atoms in total. The van der Waals surface area contributed by atoms with E-state index in [1.54, 1.807) is 0 Å². The van der Waals surface area contributed by atoms with Crippen molar-refractivity contribution in [3.63, 3.8) is 0 Å². The number of ether oxygens (including phenoxy) is 1. The first-order valence-electron chi connectivity index (χ1n) is 5.76. The number of allylic oxidation sites excluding steroid dienone is 1. The van der Waals surface area contributed by atoms with Crippen LogP contribution in [0.1, 0.15) is 12.5 Å². The van der Waals surface area contributed by atoms with E-state index in [0.717, 1.165) is 11.3 Å². The molecule has 0 fully saturated rings. The Morgan fingerprint density at radius 3 is 2.65 bits per heavy atom. The minimum absolute atomic E-state index is 0.340. The summed E-state index contributed by atoms with van der Waals surface area (Å²) in [7, 11) is 1.91. The average molecular weight is 235 g/mol. The second-order valence-corrected chi connectivity index (χ2v) is 4.27. The van der Waals surface area contributed by atoms with E-state index in [-0.39, 0.29) is 0 Å². The van der Waals surface area contributed by atoms with E-state index in [1.165, 1.54) is 0 Å². The number of hydrogen-bond acceptors (Lipinski definition) is 3. The molecule has 3 heteroatoms. The SMILES string of the molecule is C=C(C)N(C)C[C@@H](O)COCc1ccccc1. The number of nitrogens with zero attached hydrogens (tertiary/aromatic N) is 1. The van der Waals surface area contributed by atoms with Gasteiger partial charge in [0.2, 0.25) is 0 Å². The molecule has 0 radical (unpaired) electrons. The summed E-state index contributed by atoms with van der Waals surface area (Å²) in [6.45, 7) is 7.15. The molecule has 0 aromatic heterocycles. The van der Waals surface area contributed by atoms with E-state index >= 15 is 0 Å². The highest BCUT2D eigenvalue weighted by Crippen LogP contribution is 2.02. The molecular formula is C14H21NO2. The third-order valence-electron chi connectivity index (χ3n) is 2.56.